The minimum absolute atomic E-state index is 0.146. The molecule has 6 heteroatoms. The average molecular weight is 407 g/mol. The zero-order valence-corrected chi connectivity index (χ0v) is 19.1. The largest absolute Gasteiger partial charge is 0.465 e. The number of unbranched alkanes of at least 4 members (excludes halogenated alkanes) is 1. The molecule has 29 heavy (non-hydrogen) atoms. The van der Waals surface area contributed by atoms with E-state index in [1.165, 1.54) is 0 Å². The molecule has 0 aliphatic carbocycles. The van der Waals surface area contributed by atoms with Crippen molar-refractivity contribution in [2.45, 2.75) is 72.4 Å². The molecule has 1 rings (SSSR count). The van der Waals surface area contributed by atoms with Crippen LogP contribution in [0.1, 0.15) is 59.9 Å². The lowest BCUT2D eigenvalue weighted by atomic mass is 10.0. The Morgan fingerprint density at radius 1 is 1.14 bits per heavy atom. The van der Waals surface area contributed by atoms with Crippen molar-refractivity contribution < 1.29 is 19.1 Å². The highest BCUT2D eigenvalue weighted by atomic mass is 16.6. The van der Waals surface area contributed by atoms with Crippen molar-refractivity contribution in [3.63, 3.8) is 0 Å². The Balaban J connectivity index is 2.58. The van der Waals surface area contributed by atoms with Gasteiger partial charge in [0.2, 0.25) is 0 Å². The molecule has 6 nitrogen and oxygen atoms in total. The summed E-state index contributed by atoms with van der Waals surface area (Å²) in [5, 5.41) is 2.73. The number of hydrogen-bond acceptors (Lipinski definition) is 5. The summed E-state index contributed by atoms with van der Waals surface area (Å²) in [5.74, 6) is 0.0300. The van der Waals surface area contributed by atoms with E-state index in [-0.39, 0.29) is 17.9 Å². The van der Waals surface area contributed by atoms with E-state index in [9.17, 15) is 9.59 Å². The second-order valence-corrected chi connectivity index (χ2v) is 8.76. The Kier molecular flexibility index (Phi) is 10.2. The Hall–Kier alpha value is -2.08. The Bertz CT molecular complexity index is 635. The molecular weight excluding hydrogens is 368 g/mol. The van der Waals surface area contributed by atoms with Gasteiger partial charge in [0.1, 0.15) is 11.6 Å². The fourth-order valence-corrected chi connectivity index (χ4v) is 2.98. The molecule has 164 valence electrons. The number of carbonyl (C=O) groups excluding carboxylic acids is 2. The first-order valence-corrected chi connectivity index (χ1v) is 10.5. The molecule has 0 unspecified atom stereocenters. The van der Waals surface area contributed by atoms with Gasteiger partial charge in [-0.15, -0.1) is 0 Å². The number of rotatable bonds is 10. The van der Waals surface area contributed by atoms with Crippen LogP contribution < -0.4 is 5.32 Å². The fraction of sp³-hybridized carbons (Fsp3) is 0.652. The highest BCUT2D eigenvalue weighted by molar-refractivity contribution is 5.84. The number of esters is 1. The third kappa shape index (κ3) is 9.79. The first-order valence-electron chi connectivity index (χ1n) is 10.5. The van der Waals surface area contributed by atoms with Crippen molar-refractivity contribution in [3.05, 3.63) is 29.8 Å². The molecule has 1 amide bonds. The van der Waals surface area contributed by atoms with Gasteiger partial charge >= 0.3 is 12.1 Å². The number of nitrogens with one attached hydrogen (secondary N) is 1. The van der Waals surface area contributed by atoms with Crippen LogP contribution in [0.25, 0.3) is 0 Å². The minimum Gasteiger partial charge on any atom is -0.465 e. The van der Waals surface area contributed by atoms with Crippen LogP contribution in [0.2, 0.25) is 0 Å². The summed E-state index contributed by atoms with van der Waals surface area (Å²) in [6.45, 7) is 12.9. The van der Waals surface area contributed by atoms with E-state index in [2.05, 4.69) is 17.1 Å². The minimum atomic E-state index is -0.529. The van der Waals surface area contributed by atoms with Crippen LogP contribution in [0.5, 0.6) is 0 Å². The fourth-order valence-electron chi connectivity index (χ4n) is 2.98. The predicted octanol–water partition coefficient (Wildman–Crippen LogP) is 4.88. The maximum absolute atomic E-state index is 12.4. The molecule has 1 atom stereocenters. The van der Waals surface area contributed by atoms with Crippen molar-refractivity contribution in [2.24, 2.45) is 5.92 Å². The number of likely N-dealkylation sites (N-methyl/N-ethyl adjacent to an activating group) is 1. The van der Waals surface area contributed by atoms with Crippen LogP contribution in [0, 0.1) is 5.92 Å². The topological polar surface area (TPSA) is 67.9 Å². The number of ether oxygens (including phenoxy) is 2. The molecular formula is C23H38N2O4. The quantitative estimate of drug-likeness (QED) is 0.443. The van der Waals surface area contributed by atoms with Crippen molar-refractivity contribution in [2.75, 3.05) is 25.5 Å². The van der Waals surface area contributed by atoms with Gasteiger partial charge in [-0.3, -0.25) is 15.0 Å². The van der Waals surface area contributed by atoms with E-state index < -0.39 is 11.7 Å². The lowest BCUT2D eigenvalue weighted by Gasteiger charge is -2.29. The molecule has 0 radical (unpaired) electrons. The molecule has 0 saturated heterocycles. The Morgan fingerprint density at radius 3 is 2.28 bits per heavy atom. The zero-order valence-electron chi connectivity index (χ0n) is 19.1. The average Bonchev–Trinajstić information content (AvgIpc) is 2.59. The molecule has 1 aromatic rings. The number of benzene rings is 1. The Labute approximate surface area is 175 Å². The van der Waals surface area contributed by atoms with Gasteiger partial charge in [0, 0.05) is 12.2 Å². The summed E-state index contributed by atoms with van der Waals surface area (Å²) in [7, 11) is 1.96. The third-order valence-corrected chi connectivity index (χ3v) is 4.44. The van der Waals surface area contributed by atoms with Crippen LogP contribution in [0.4, 0.5) is 10.5 Å². The highest BCUT2D eigenvalue weighted by Crippen LogP contribution is 2.15. The third-order valence-electron chi connectivity index (χ3n) is 4.44. The molecule has 0 aromatic heterocycles. The van der Waals surface area contributed by atoms with Gasteiger partial charge in [-0.1, -0.05) is 39.3 Å². The standard InChI is InChI=1S/C23H38N2O4/c1-8-9-16-28-21(26)20(17(2)3)25(7)15-14-18-10-12-19(13-11-18)24-22(27)29-23(4,5)6/h10-13,17,20H,8-9,14-16H2,1-7H3,(H,24,27)/t20-/m0/s1. The van der Waals surface area contributed by atoms with Crippen molar-refractivity contribution in [1.82, 2.24) is 4.90 Å². The second kappa shape index (κ2) is 11.8. The summed E-state index contributed by atoms with van der Waals surface area (Å²) in [5.41, 5.74) is 1.29. The molecule has 1 N–H and O–H groups in total. The molecule has 0 aliphatic rings. The number of hydrogen-bond donors (Lipinski definition) is 1. The molecule has 0 bridgehead atoms. The molecule has 0 heterocycles. The molecule has 1 aromatic carbocycles. The first kappa shape index (κ1) is 25.0. The van der Waals surface area contributed by atoms with Gasteiger partial charge in [-0.25, -0.2) is 4.79 Å². The van der Waals surface area contributed by atoms with Gasteiger partial charge in [0.15, 0.2) is 0 Å². The van der Waals surface area contributed by atoms with Crippen LogP contribution in [-0.2, 0) is 20.7 Å². The first-order chi connectivity index (χ1) is 13.5. The van der Waals surface area contributed by atoms with Gasteiger partial charge in [0.25, 0.3) is 0 Å². The van der Waals surface area contributed by atoms with Crippen LogP contribution in [-0.4, -0.2) is 48.8 Å². The SMILES string of the molecule is CCCCOC(=O)[C@H](C(C)C)N(C)CCc1ccc(NC(=O)OC(C)(C)C)cc1. The summed E-state index contributed by atoms with van der Waals surface area (Å²) in [6.07, 6.45) is 2.23. The van der Waals surface area contributed by atoms with Gasteiger partial charge < -0.3 is 9.47 Å². The van der Waals surface area contributed by atoms with E-state index in [0.29, 0.717) is 12.3 Å². The van der Waals surface area contributed by atoms with E-state index in [0.717, 1.165) is 31.4 Å². The van der Waals surface area contributed by atoms with E-state index >= 15 is 0 Å². The number of carbonyl (C=O) groups is 2. The maximum Gasteiger partial charge on any atom is 0.412 e. The van der Waals surface area contributed by atoms with Crippen LogP contribution >= 0.6 is 0 Å². The highest BCUT2D eigenvalue weighted by Gasteiger charge is 2.27. The normalized spacial score (nSPS) is 12.7. The van der Waals surface area contributed by atoms with Crippen LogP contribution in [0.3, 0.4) is 0 Å². The Morgan fingerprint density at radius 2 is 1.76 bits per heavy atom. The van der Waals surface area contributed by atoms with Gasteiger partial charge in [0.05, 0.1) is 6.61 Å². The van der Waals surface area contributed by atoms with E-state index in [4.69, 9.17) is 9.47 Å². The molecule has 0 aliphatic heterocycles. The number of nitrogens with zero attached hydrogens (tertiary/aromatic N) is 1. The van der Waals surface area contributed by atoms with Gasteiger partial charge in [-0.2, -0.15) is 0 Å². The summed E-state index contributed by atoms with van der Waals surface area (Å²) in [6, 6.07) is 7.42. The van der Waals surface area contributed by atoms with Crippen molar-refractivity contribution >= 4 is 17.7 Å². The predicted molar refractivity (Wildman–Crippen MR) is 117 cm³/mol. The van der Waals surface area contributed by atoms with Gasteiger partial charge in [-0.05, 0) is 64.3 Å². The van der Waals surface area contributed by atoms with E-state index in [1.54, 1.807) is 0 Å². The summed E-state index contributed by atoms with van der Waals surface area (Å²) >= 11 is 0. The summed E-state index contributed by atoms with van der Waals surface area (Å²) < 4.78 is 10.7. The molecule has 0 saturated carbocycles. The number of anilines is 1. The zero-order chi connectivity index (χ0) is 22.0. The van der Waals surface area contributed by atoms with Crippen molar-refractivity contribution in [1.29, 1.82) is 0 Å². The monoisotopic (exact) mass is 406 g/mol. The smallest absolute Gasteiger partial charge is 0.412 e. The van der Waals surface area contributed by atoms with Crippen molar-refractivity contribution in [3.8, 4) is 0 Å². The molecule has 0 fully saturated rings. The lowest BCUT2D eigenvalue weighted by Crippen LogP contribution is -2.44. The number of amides is 1. The molecule has 0 spiro atoms. The summed E-state index contributed by atoms with van der Waals surface area (Å²) in [4.78, 5) is 26.3. The van der Waals surface area contributed by atoms with E-state index in [1.807, 2.05) is 65.9 Å². The maximum atomic E-state index is 12.4. The van der Waals surface area contributed by atoms with Crippen LogP contribution in [0.15, 0.2) is 24.3 Å². The lowest BCUT2D eigenvalue weighted by molar-refractivity contribution is -0.151. The second-order valence-electron chi connectivity index (χ2n) is 8.76.